The van der Waals surface area contributed by atoms with E-state index in [0.717, 1.165) is 25.7 Å². The van der Waals surface area contributed by atoms with Crippen molar-refractivity contribution in [3.05, 3.63) is 35.4 Å². The van der Waals surface area contributed by atoms with Crippen LogP contribution in [0, 0.1) is 29.4 Å². The zero-order chi connectivity index (χ0) is 14.7. The third kappa shape index (κ3) is 3.44. The summed E-state index contributed by atoms with van der Waals surface area (Å²) in [6, 6.07) is 3.75. The number of carbonyl (C=O) groups excluding carboxylic acids is 1. The van der Waals surface area contributed by atoms with E-state index in [-0.39, 0.29) is 23.7 Å². The highest BCUT2D eigenvalue weighted by Gasteiger charge is 2.28. The fourth-order valence-electron chi connectivity index (χ4n) is 3.13. The molecular formula is C17H22F2O. The summed E-state index contributed by atoms with van der Waals surface area (Å²) >= 11 is 0. The van der Waals surface area contributed by atoms with Crippen LogP contribution in [0.3, 0.4) is 0 Å². The highest BCUT2D eigenvalue weighted by molar-refractivity contribution is 5.83. The van der Waals surface area contributed by atoms with Gasteiger partial charge < -0.3 is 0 Å². The Morgan fingerprint density at radius 2 is 1.70 bits per heavy atom. The van der Waals surface area contributed by atoms with E-state index in [2.05, 4.69) is 13.8 Å². The fourth-order valence-corrected chi connectivity index (χ4v) is 3.13. The Balaban J connectivity index is 1.96. The summed E-state index contributed by atoms with van der Waals surface area (Å²) in [6.45, 7) is 4.42. The zero-order valence-electron chi connectivity index (χ0n) is 12.2. The van der Waals surface area contributed by atoms with Gasteiger partial charge in [0.05, 0.1) is 0 Å². The summed E-state index contributed by atoms with van der Waals surface area (Å²) in [5.74, 6) is 0.0583. The van der Waals surface area contributed by atoms with Crippen molar-refractivity contribution in [3.8, 4) is 0 Å². The molecule has 0 bridgehead atoms. The second-order valence-corrected chi connectivity index (χ2v) is 6.20. The molecule has 1 nitrogen and oxygen atoms in total. The lowest BCUT2D eigenvalue weighted by molar-refractivity contribution is -0.123. The summed E-state index contributed by atoms with van der Waals surface area (Å²) < 4.78 is 27.1. The summed E-state index contributed by atoms with van der Waals surface area (Å²) in [7, 11) is 0. The van der Waals surface area contributed by atoms with Crippen molar-refractivity contribution in [1.29, 1.82) is 0 Å². The molecule has 0 aromatic heterocycles. The molecule has 1 saturated carbocycles. The topological polar surface area (TPSA) is 17.1 Å². The SMILES string of the molecule is CC(C)C1CCC(C(=O)Cc2c(F)cccc2F)CC1. The lowest BCUT2D eigenvalue weighted by Crippen LogP contribution is -2.25. The maximum absolute atomic E-state index is 13.6. The van der Waals surface area contributed by atoms with Gasteiger partial charge >= 0.3 is 0 Å². The molecule has 110 valence electrons. The highest BCUT2D eigenvalue weighted by atomic mass is 19.1. The first-order chi connectivity index (χ1) is 9.49. The fraction of sp³-hybridized carbons (Fsp3) is 0.588. The third-order valence-corrected chi connectivity index (χ3v) is 4.58. The van der Waals surface area contributed by atoms with Crippen LogP contribution in [0.2, 0.25) is 0 Å². The van der Waals surface area contributed by atoms with E-state index < -0.39 is 11.6 Å². The van der Waals surface area contributed by atoms with E-state index in [4.69, 9.17) is 0 Å². The number of hydrogen-bond donors (Lipinski definition) is 0. The molecular weight excluding hydrogens is 258 g/mol. The molecule has 0 heterocycles. The first-order valence-corrected chi connectivity index (χ1v) is 7.44. The molecule has 0 atom stereocenters. The van der Waals surface area contributed by atoms with Crippen LogP contribution in [-0.2, 0) is 11.2 Å². The van der Waals surface area contributed by atoms with Gasteiger partial charge in [-0.3, -0.25) is 4.79 Å². The van der Waals surface area contributed by atoms with Gasteiger partial charge in [0, 0.05) is 17.9 Å². The molecule has 0 spiro atoms. The van der Waals surface area contributed by atoms with E-state index in [1.807, 2.05) is 0 Å². The smallest absolute Gasteiger partial charge is 0.140 e. The predicted molar refractivity (Wildman–Crippen MR) is 75.4 cm³/mol. The standard InChI is InChI=1S/C17H22F2O/c1-11(2)12-6-8-13(9-7-12)17(20)10-14-15(18)4-3-5-16(14)19/h3-5,11-13H,6-10H2,1-2H3. The highest BCUT2D eigenvalue weighted by Crippen LogP contribution is 2.34. The predicted octanol–water partition coefficient (Wildman–Crippen LogP) is 4.54. The summed E-state index contributed by atoms with van der Waals surface area (Å²) in [5, 5.41) is 0. The van der Waals surface area contributed by atoms with Gasteiger partial charge in [0.15, 0.2) is 0 Å². The molecule has 0 radical (unpaired) electrons. The monoisotopic (exact) mass is 280 g/mol. The maximum Gasteiger partial charge on any atom is 0.140 e. The van der Waals surface area contributed by atoms with Crippen molar-refractivity contribution >= 4 is 5.78 Å². The average molecular weight is 280 g/mol. The Hall–Kier alpha value is -1.25. The molecule has 2 rings (SSSR count). The van der Waals surface area contributed by atoms with Crippen LogP contribution in [0.5, 0.6) is 0 Å². The Labute approximate surface area is 119 Å². The molecule has 0 N–H and O–H groups in total. The minimum absolute atomic E-state index is 0.0174. The van der Waals surface area contributed by atoms with Gasteiger partial charge in [-0.05, 0) is 49.7 Å². The first kappa shape index (κ1) is 15.1. The zero-order valence-corrected chi connectivity index (χ0v) is 12.2. The summed E-state index contributed by atoms with van der Waals surface area (Å²) in [5.41, 5.74) is -0.0801. The number of carbonyl (C=O) groups is 1. The van der Waals surface area contributed by atoms with E-state index in [9.17, 15) is 13.6 Å². The van der Waals surface area contributed by atoms with Crippen molar-refractivity contribution < 1.29 is 13.6 Å². The quantitative estimate of drug-likeness (QED) is 0.791. The van der Waals surface area contributed by atoms with Crippen LogP contribution in [0.25, 0.3) is 0 Å². The normalized spacial score (nSPS) is 23.1. The van der Waals surface area contributed by atoms with Gasteiger partial charge in [0.25, 0.3) is 0 Å². The molecule has 1 fully saturated rings. The Kier molecular flexibility index (Phi) is 4.90. The molecule has 0 unspecified atom stereocenters. The lowest BCUT2D eigenvalue weighted by atomic mass is 9.75. The van der Waals surface area contributed by atoms with Crippen LogP contribution in [0.15, 0.2) is 18.2 Å². The van der Waals surface area contributed by atoms with Crippen LogP contribution in [0.4, 0.5) is 8.78 Å². The molecule has 0 amide bonds. The van der Waals surface area contributed by atoms with Gasteiger partial charge in [0.1, 0.15) is 17.4 Å². The largest absolute Gasteiger partial charge is 0.299 e. The second kappa shape index (κ2) is 6.47. The molecule has 20 heavy (non-hydrogen) atoms. The number of Topliss-reactive ketones (excluding diaryl/α,β-unsaturated/α-hetero) is 1. The van der Waals surface area contributed by atoms with Crippen molar-refractivity contribution in [1.82, 2.24) is 0 Å². The minimum atomic E-state index is -0.616. The Morgan fingerprint density at radius 1 is 1.15 bits per heavy atom. The van der Waals surface area contributed by atoms with E-state index in [1.54, 1.807) is 0 Å². The Bertz CT molecular complexity index is 454. The number of halogens is 2. The van der Waals surface area contributed by atoms with Crippen molar-refractivity contribution in [2.45, 2.75) is 46.0 Å². The van der Waals surface area contributed by atoms with Gasteiger partial charge in [-0.2, -0.15) is 0 Å². The molecule has 1 aliphatic carbocycles. The molecule has 1 aliphatic rings. The van der Waals surface area contributed by atoms with Crippen LogP contribution >= 0.6 is 0 Å². The molecule has 3 heteroatoms. The first-order valence-electron chi connectivity index (χ1n) is 7.44. The number of benzene rings is 1. The van der Waals surface area contributed by atoms with Crippen LogP contribution < -0.4 is 0 Å². The average Bonchev–Trinajstić information content (AvgIpc) is 2.43. The van der Waals surface area contributed by atoms with Crippen LogP contribution in [-0.4, -0.2) is 5.78 Å². The van der Waals surface area contributed by atoms with Crippen molar-refractivity contribution in [2.75, 3.05) is 0 Å². The number of hydrogen-bond acceptors (Lipinski definition) is 1. The van der Waals surface area contributed by atoms with E-state index in [0.29, 0.717) is 11.8 Å². The minimum Gasteiger partial charge on any atom is -0.299 e. The van der Waals surface area contributed by atoms with E-state index >= 15 is 0 Å². The second-order valence-electron chi connectivity index (χ2n) is 6.20. The number of rotatable bonds is 4. The van der Waals surface area contributed by atoms with Gasteiger partial charge in [-0.1, -0.05) is 19.9 Å². The third-order valence-electron chi connectivity index (χ3n) is 4.58. The van der Waals surface area contributed by atoms with Gasteiger partial charge in [0.2, 0.25) is 0 Å². The molecule has 0 saturated heterocycles. The van der Waals surface area contributed by atoms with Crippen molar-refractivity contribution in [3.63, 3.8) is 0 Å². The summed E-state index contributed by atoms with van der Waals surface area (Å²) in [4.78, 5) is 12.2. The van der Waals surface area contributed by atoms with E-state index in [1.165, 1.54) is 18.2 Å². The van der Waals surface area contributed by atoms with Crippen LogP contribution in [0.1, 0.15) is 45.1 Å². The summed E-state index contributed by atoms with van der Waals surface area (Å²) in [6.07, 6.45) is 3.70. The lowest BCUT2D eigenvalue weighted by Gasteiger charge is -2.30. The molecule has 1 aromatic rings. The molecule has 0 aliphatic heterocycles. The van der Waals surface area contributed by atoms with Crippen molar-refractivity contribution in [2.24, 2.45) is 17.8 Å². The van der Waals surface area contributed by atoms with Gasteiger partial charge in [-0.25, -0.2) is 8.78 Å². The Morgan fingerprint density at radius 3 is 2.20 bits per heavy atom. The maximum atomic E-state index is 13.6. The molecule has 1 aromatic carbocycles. The number of ketones is 1. The van der Waals surface area contributed by atoms with Gasteiger partial charge in [-0.15, -0.1) is 0 Å².